The van der Waals surface area contributed by atoms with Crippen molar-refractivity contribution >= 4 is 73.3 Å². The van der Waals surface area contributed by atoms with Crippen LogP contribution >= 0.6 is 23.2 Å². The van der Waals surface area contributed by atoms with Gasteiger partial charge in [0.05, 0.1) is 27.0 Å². The van der Waals surface area contributed by atoms with E-state index in [0.29, 0.717) is 33.0 Å². The average Bonchev–Trinajstić information content (AvgIpc) is 2.94. The number of aryl methyl sites for hydroxylation is 1. The number of pyridine rings is 1. The molecule has 220 valence electrons. The second-order valence-electron chi connectivity index (χ2n) is 11.8. The lowest BCUT2D eigenvalue weighted by Gasteiger charge is -2.42. The second-order valence-corrected chi connectivity index (χ2v) is 12.6. The van der Waals surface area contributed by atoms with E-state index in [4.69, 9.17) is 27.6 Å². The highest BCUT2D eigenvalue weighted by atomic mass is 35.5. The maximum Gasteiger partial charge on any atom is 0.337 e. The van der Waals surface area contributed by atoms with Crippen molar-refractivity contribution in [3.8, 4) is 11.1 Å². The van der Waals surface area contributed by atoms with Gasteiger partial charge in [-0.15, -0.1) is 0 Å². The van der Waals surface area contributed by atoms with Gasteiger partial charge in [0.15, 0.2) is 0 Å². The van der Waals surface area contributed by atoms with E-state index in [1.807, 2.05) is 49.0 Å². The van der Waals surface area contributed by atoms with E-state index >= 15 is 0 Å². The fourth-order valence-corrected chi connectivity index (χ4v) is 7.06. The van der Waals surface area contributed by atoms with E-state index < -0.39 is 5.97 Å². The molecule has 0 atom stereocenters. The number of carboxylic acid groups (broad SMARTS) is 1. The number of aromatic nitrogens is 1. The Bertz CT molecular complexity index is 2220. The molecule has 6 rings (SSSR count). The highest BCUT2D eigenvalue weighted by Gasteiger charge is 2.33. The number of anilines is 1. The molecule has 1 N–H and O–H groups in total. The quantitative estimate of drug-likeness (QED) is 0.132. The number of fused-ring (bicyclic) bond motifs is 5. The third kappa shape index (κ3) is 4.28. The smallest absolute Gasteiger partial charge is 0.337 e. The topological polar surface area (TPSA) is 78.7 Å². The molecule has 0 aliphatic carbocycles. The molecule has 43 heavy (non-hydrogen) atoms. The summed E-state index contributed by atoms with van der Waals surface area (Å²) >= 11 is 13.3. The summed E-state index contributed by atoms with van der Waals surface area (Å²) in [6.45, 7) is 9.26. The van der Waals surface area contributed by atoms with Gasteiger partial charge in [-0.25, -0.2) is 9.37 Å². The first-order valence-corrected chi connectivity index (χ1v) is 14.8. The van der Waals surface area contributed by atoms with Crippen LogP contribution in [0.4, 0.5) is 5.69 Å². The predicted molar refractivity (Wildman–Crippen MR) is 177 cm³/mol. The van der Waals surface area contributed by atoms with Crippen LogP contribution in [0.2, 0.25) is 10.0 Å². The van der Waals surface area contributed by atoms with Crippen LogP contribution in [0.25, 0.3) is 49.5 Å². The molecule has 0 radical (unpaired) electrons. The van der Waals surface area contributed by atoms with Crippen LogP contribution in [-0.2, 0) is 7.05 Å². The SMILES string of the molecule is CCN1c2cc3oc4c(c(-c5c(Cl)ccc(Cl)c5C(=O)O)c3cc2C(C)=CC1(C)C)c(=O)n(C)c1cc(=[N+](C)C)ccc41. The van der Waals surface area contributed by atoms with Crippen LogP contribution in [-0.4, -0.2) is 41.8 Å². The van der Waals surface area contributed by atoms with Gasteiger partial charge < -0.3 is 19.0 Å². The van der Waals surface area contributed by atoms with Crippen molar-refractivity contribution in [2.75, 3.05) is 25.5 Å². The van der Waals surface area contributed by atoms with E-state index in [0.717, 1.165) is 28.7 Å². The molecule has 0 saturated heterocycles. The zero-order valence-corrected chi connectivity index (χ0v) is 26.6. The minimum absolute atomic E-state index is 0.0233. The summed E-state index contributed by atoms with van der Waals surface area (Å²) in [6.07, 6.45) is 2.21. The lowest BCUT2D eigenvalue weighted by atomic mass is 9.86. The molecule has 0 fully saturated rings. The van der Waals surface area contributed by atoms with E-state index in [1.54, 1.807) is 17.7 Å². The Kier molecular flexibility index (Phi) is 6.75. The minimum atomic E-state index is -1.24. The van der Waals surface area contributed by atoms with Crippen molar-refractivity contribution in [1.29, 1.82) is 0 Å². The number of rotatable bonds is 3. The summed E-state index contributed by atoms with van der Waals surface area (Å²) in [6, 6.07) is 12.8. The molecule has 5 aromatic rings. The number of benzene rings is 3. The number of hydrogen-bond donors (Lipinski definition) is 1. The number of nitrogens with zero attached hydrogens (tertiary/aromatic N) is 3. The first-order chi connectivity index (χ1) is 20.3. The molecule has 0 unspecified atom stereocenters. The number of likely N-dealkylation sites (N-methyl/N-ethyl adjacent to an activating group) is 1. The Morgan fingerprint density at radius 3 is 2.37 bits per heavy atom. The predicted octanol–water partition coefficient (Wildman–Crippen LogP) is 7.16. The highest BCUT2D eigenvalue weighted by Crippen LogP contribution is 2.47. The van der Waals surface area contributed by atoms with Gasteiger partial charge in [0.25, 0.3) is 5.56 Å². The van der Waals surface area contributed by atoms with E-state index in [2.05, 4.69) is 38.7 Å². The Hall–Kier alpha value is -4.07. The third-order valence-electron chi connectivity index (χ3n) is 8.54. The first kappa shape index (κ1) is 29.0. The third-order valence-corrected chi connectivity index (χ3v) is 9.17. The summed E-state index contributed by atoms with van der Waals surface area (Å²) in [5, 5.41) is 13.0. The van der Waals surface area contributed by atoms with Gasteiger partial charge in [-0.1, -0.05) is 29.3 Å². The molecular weight excluding hydrogens is 585 g/mol. The molecule has 1 aliphatic heterocycles. The van der Waals surface area contributed by atoms with Crippen LogP contribution in [0, 0.1) is 0 Å². The molecule has 9 heteroatoms. The van der Waals surface area contributed by atoms with Crippen molar-refractivity contribution in [1.82, 2.24) is 9.14 Å². The summed E-state index contributed by atoms with van der Waals surface area (Å²) in [5.74, 6) is -1.24. The number of allylic oxidation sites excluding steroid dienone is 1. The Balaban J connectivity index is 1.93. The van der Waals surface area contributed by atoms with E-state index in [1.165, 1.54) is 6.07 Å². The molecule has 1 aliphatic rings. The fraction of sp³-hybridized carbons (Fsp3) is 0.265. The number of carboxylic acids is 1. The zero-order chi connectivity index (χ0) is 31.1. The maximum absolute atomic E-state index is 14.3. The van der Waals surface area contributed by atoms with E-state index in [-0.39, 0.29) is 37.7 Å². The summed E-state index contributed by atoms with van der Waals surface area (Å²) in [7, 11) is 5.58. The normalized spacial score (nSPS) is 14.3. The fourth-order valence-electron chi connectivity index (χ4n) is 6.57. The van der Waals surface area contributed by atoms with Gasteiger partial charge in [0.1, 0.15) is 25.3 Å². The Labute approximate surface area is 258 Å². The van der Waals surface area contributed by atoms with Gasteiger partial charge in [-0.05, 0) is 57.5 Å². The van der Waals surface area contributed by atoms with Gasteiger partial charge in [-0.2, -0.15) is 0 Å². The lowest BCUT2D eigenvalue weighted by molar-refractivity contribution is 0.0698. The molecular formula is C34H32Cl2N3O4+. The minimum Gasteiger partial charge on any atom is -0.478 e. The van der Waals surface area contributed by atoms with Gasteiger partial charge in [0, 0.05) is 70.0 Å². The lowest BCUT2D eigenvalue weighted by Crippen LogP contribution is -2.44. The van der Waals surface area contributed by atoms with Gasteiger partial charge in [-0.3, -0.25) is 4.79 Å². The van der Waals surface area contributed by atoms with Crippen LogP contribution in [0.1, 0.15) is 43.6 Å². The standard InChI is InChI=1S/C34H31Cl2N3O4/c1-8-39-25-15-26-21(14-20(25)17(2)16-34(39,3)4)27(28-22(35)11-12-23(36)29(28)33(41)42)30-31(43-26)19-10-9-18(37(5)6)13-24(19)38(7)32(30)40/h9-16H,8H2,1-7H3/p+1. The average molecular weight is 618 g/mol. The zero-order valence-electron chi connectivity index (χ0n) is 25.1. The molecule has 0 saturated carbocycles. The van der Waals surface area contributed by atoms with Crippen molar-refractivity contribution in [3.05, 3.63) is 85.4 Å². The van der Waals surface area contributed by atoms with Crippen LogP contribution in [0.3, 0.4) is 0 Å². The molecule has 3 heterocycles. The molecule has 0 spiro atoms. The Morgan fingerprint density at radius 2 is 1.72 bits per heavy atom. The molecule has 2 aromatic heterocycles. The highest BCUT2D eigenvalue weighted by molar-refractivity contribution is 6.39. The molecule has 0 amide bonds. The molecule has 3 aromatic carbocycles. The van der Waals surface area contributed by atoms with Gasteiger partial charge >= 0.3 is 5.97 Å². The number of carbonyl (C=O) groups is 1. The summed E-state index contributed by atoms with van der Waals surface area (Å²) < 4.78 is 10.2. The van der Waals surface area contributed by atoms with Crippen molar-refractivity contribution in [3.63, 3.8) is 0 Å². The van der Waals surface area contributed by atoms with Crippen LogP contribution in [0.15, 0.2) is 57.8 Å². The number of aromatic carboxylic acids is 1. The summed E-state index contributed by atoms with van der Waals surface area (Å²) in [5.41, 5.74) is 4.37. The van der Waals surface area contributed by atoms with Crippen molar-refractivity contribution in [2.24, 2.45) is 7.05 Å². The second kappa shape index (κ2) is 10.00. The van der Waals surface area contributed by atoms with Crippen molar-refractivity contribution < 1.29 is 14.3 Å². The first-order valence-electron chi connectivity index (χ1n) is 14.0. The Morgan fingerprint density at radius 1 is 1.02 bits per heavy atom. The summed E-state index contributed by atoms with van der Waals surface area (Å²) in [4.78, 5) is 29.3. The van der Waals surface area contributed by atoms with Crippen LogP contribution < -0.4 is 20.4 Å². The number of hydrogen-bond acceptors (Lipinski definition) is 4. The maximum atomic E-state index is 14.3. The van der Waals surface area contributed by atoms with E-state index in [9.17, 15) is 14.7 Å². The van der Waals surface area contributed by atoms with Crippen LogP contribution in [0.5, 0.6) is 0 Å². The molecule has 7 nitrogen and oxygen atoms in total. The van der Waals surface area contributed by atoms with Crippen molar-refractivity contribution in [2.45, 2.75) is 33.2 Å². The molecule has 0 bridgehead atoms. The largest absolute Gasteiger partial charge is 0.478 e. The monoisotopic (exact) mass is 616 g/mol. The number of halogens is 2. The van der Waals surface area contributed by atoms with Gasteiger partial charge in [0.2, 0.25) is 5.36 Å².